The van der Waals surface area contributed by atoms with E-state index < -0.39 is 5.91 Å². The topological polar surface area (TPSA) is 86.1 Å². The van der Waals surface area contributed by atoms with Crippen LogP contribution in [0.15, 0.2) is 35.5 Å². The van der Waals surface area contributed by atoms with E-state index in [1.54, 1.807) is 12.1 Å². The third-order valence-electron chi connectivity index (χ3n) is 1.45. The zero-order chi connectivity index (χ0) is 10.4. The van der Waals surface area contributed by atoms with Crippen LogP contribution in [0.3, 0.4) is 0 Å². The number of azide groups is 1. The van der Waals surface area contributed by atoms with Crippen LogP contribution in [0.5, 0.6) is 5.75 Å². The Morgan fingerprint density at radius 1 is 1.43 bits per heavy atom. The first kappa shape index (κ1) is 9.83. The number of phenolic OH excluding ortho intramolecular Hbond substituents is 1. The lowest BCUT2D eigenvalue weighted by Gasteiger charge is -1.92. The number of nitrogens with zero attached hydrogens (tertiary/aromatic N) is 3. The second-order valence-electron chi connectivity index (χ2n) is 2.45. The summed E-state index contributed by atoms with van der Waals surface area (Å²) in [4.78, 5) is 13.1. The van der Waals surface area contributed by atoms with Crippen LogP contribution in [0.2, 0.25) is 0 Å². The van der Waals surface area contributed by atoms with Gasteiger partial charge in [0.2, 0.25) is 5.91 Å². The number of aromatic hydroxyl groups is 1. The Morgan fingerprint density at radius 2 is 2.07 bits per heavy atom. The molecule has 0 radical (unpaired) electrons. The van der Waals surface area contributed by atoms with Gasteiger partial charge in [0.15, 0.2) is 0 Å². The second-order valence-corrected chi connectivity index (χ2v) is 2.45. The van der Waals surface area contributed by atoms with E-state index in [0.717, 1.165) is 11.6 Å². The molecular weight excluding hydrogens is 182 g/mol. The maximum absolute atomic E-state index is 10.7. The van der Waals surface area contributed by atoms with Gasteiger partial charge in [-0.05, 0) is 34.4 Å². The number of rotatable bonds is 2. The number of phenols is 1. The Hall–Kier alpha value is -2.26. The molecule has 1 N–H and O–H groups in total. The van der Waals surface area contributed by atoms with E-state index in [4.69, 9.17) is 10.6 Å². The van der Waals surface area contributed by atoms with Crippen molar-refractivity contribution < 1.29 is 9.90 Å². The Bertz CT molecular complexity index is 403. The summed E-state index contributed by atoms with van der Waals surface area (Å²) in [5.74, 6) is -0.496. The van der Waals surface area contributed by atoms with Crippen LogP contribution in [-0.2, 0) is 4.79 Å². The molecule has 5 heteroatoms. The lowest BCUT2D eigenvalue weighted by atomic mass is 10.2. The van der Waals surface area contributed by atoms with Crippen LogP contribution in [0.25, 0.3) is 16.5 Å². The zero-order valence-electron chi connectivity index (χ0n) is 7.16. The van der Waals surface area contributed by atoms with Crippen LogP contribution in [0, 0.1) is 0 Å². The van der Waals surface area contributed by atoms with Crippen LogP contribution in [0.4, 0.5) is 0 Å². The van der Waals surface area contributed by atoms with Crippen molar-refractivity contribution >= 4 is 12.0 Å². The highest BCUT2D eigenvalue weighted by molar-refractivity contribution is 5.92. The Balaban J connectivity index is 2.73. The summed E-state index contributed by atoms with van der Waals surface area (Å²) in [6.45, 7) is 0. The fourth-order valence-electron chi connectivity index (χ4n) is 0.830. The van der Waals surface area contributed by atoms with E-state index in [1.807, 2.05) is 0 Å². The Kier molecular flexibility index (Phi) is 3.29. The van der Waals surface area contributed by atoms with Gasteiger partial charge in [-0.15, -0.1) is 0 Å². The molecule has 0 spiro atoms. The summed E-state index contributed by atoms with van der Waals surface area (Å²) in [5.41, 5.74) is 8.68. The van der Waals surface area contributed by atoms with Gasteiger partial charge in [-0.25, -0.2) is 0 Å². The molecule has 0 aromatic heterocycles. The normalized spacial score (nSPS) is 9.71. The first-order valence-electron chi connectivity index (χ1n) is 3.78. The number of amides is 1. The van der Waals surface area contributed by atoms with E-state index in [-0.39, 0.29) is 5.75 Å². The van der Waals surface area contributed by atoms with Gasteiger partial charge in [0.05, 0.1) is 0 Å². The van der Waals surface area contributed by atoms with Crippen molar-refractivity contribution in [3.8, 4) is 5.75 Å². The van der Waals surface area contributed by atoms with Gasteiger partial charge >= 0.3 is 0 Å². The fraction of sp³-hybridized carbons (Fsp3) is 0. The molecule has 0 saturated heterocycles. The van der Waals surface area contributed by atoms with Crippen molar-refractivity contribution in [1.82, 2.24) is 0 Å². The summed E-state index contributed by atoms with van der Waals surface area (Å²) < 4.78 is 0. The van der Waals surface area contributed by atoms with E-state index in [2.05, 4.69) is 10.0 Å². The summed E-state index contributed by atoms with van der Waals surface area (Å²) in [6.07, 6.45) is 2.66. The number of hydrogen-bond acceptors (Lipinski definition) is 2. The lowest BCUT2D eigenvalue weighted by molar-refractivity contribution is -0.113. The van der Waals surface area contributed by atoms with Crippen LogP contribution < -0.4 is 0 Å². The predicted octanol–water partition coefficient (Wildman–Crippen LogP) is 2.24. The molecule has 0 atom stereocenters. The standard InChI is InChI=1S/C9H7N3O2/c10-12-11-9(14)6-3-7-1-4-8(13)5-2-7/h1-6,13H. The molecule has 0 aliphatic heterocycles. The molecule has 0 heterocycles. The lowest BCUT2D eigenvalue weighted by Crippen LogP contribution is -1.82. The van der Waals surface area contributed by atoms with Crippen LogP contribution >= 0.6 is 0 Å². The average Bonchev–Trinajstić information content (AvgIpc) is 2.17. The minimum absolute atomic E-state index is 0.156. The van der Waals surface area contributed by atoms with Crippen LogP contribution in [-0.4, -0.2) is 11.0 Å². The molecule has 14 heavy (non-hydrogen) atoms. The Labute approximate surface area is 79.9 Å². The summed E-state index contributed by atoms with van der Waals surface area (Å²) in [7, 11) is 0. The molecule has 0 aliphatic carbocycles. The number of carbonyl (C=O) groups excluding carboxylic acids is 1. The summed E-state index contributed by atoms with van der Waals surface area (Å²) >= 11 is 0. The molecule has 0 aliphatic rings. The minimum Gasteiger partial charge on any atom is -0.508 e. The molecule has 1 aromatic rings. The summed E-state index contributed by atoms with van der Waals surface area (Å²) in [5, 5.41) is 11.8. The largest absolute Gasteiger partial charge is 0.508 e. The van der Waals surface area contributed by atoms with Crippen molar-refractivity contribution in [3.05, 3.63) is 46.3 Å². The van der Waals surface area contributed by atoms with Gasteiger partial charge < -0.3 is 5.11 Å². The van der Waals surface area contributed by atoms with Crippen LogP contribution in [0.1, 0.15) is 5.56 Å². The second kappa shape index (κ2) is 4.69. The average molecular weight is 189 g/mol. The van der Waals surface area contributed by atoms with E-state index in [0.29, 0.717) is 0 Å². The highest BCUT2D eigenvalue weighted by Crippen LogP contribution is 2.10. The quantitative estimate of drug-likeness (QED) is 0.334. The highest BCUT2D eigenvalue weighted by Gasteiger charge is 1.90. The van der Waals surface area contributed by atoms with Crippen molar-refractivity contribution in [1.29, 1.82) is 0 Å². The number of carbonyl (C=O) groups is 1. The van der Waals surface area contributed by atoms with Gasteiger partial charge in [0.25, 0.3) is 0 Å². The number of benzene rings is 1. The van der Waals surface area contributed by atoms with E-state index in [1.165, 1.54) is 18.2 Å². The Morgan fingerprint density at radius 3 is 2.64 bits per heavy atom. The molecule has 0 bridgehead atoms. The van der Waals surface area contributed by atoms with Crippen molar-refractivity contribution in [2.45, 2.75) is 0 Å². The van der Waals surface area contributed by atoms with E-state index in [9.17, 15) is 4.79 Å². The molecular formula is C9H7N3O2. The van der Waals surface area contributed by atoms with Crippen molar-refractivity contribution in [3.63, 3.8) is 0 Å². The van der Waals surface area contributed by atoms with Crippen molar-refractivity contribution in [2.24, 2.45) is 5.11 Å². The molecule has 1 rings (SSSR count). The van der Waals surface area contributed by atoms with Gasteiger partial charge in [0.1, 0.15) is 5.75 Å². The number of hydrogen-bond donors (Lipinski definition) is 1. The van der Waals surface area contributed by atoms with Gasteiger partial charge in [-0.1, -0.05) is 18.2 Å². The SMILES string of the molecule is [N-]=[N+]=NC(=O)C=Cc1ccc(O)cc1. The zero-order valence-corrected chi connectivity index (χ0v) is 7.16. The third kappa shape index (κ3) is 3.00. The van der Waals surface area contributed by atoms with Crippen molar-refractivity contribution in [2.75, 3.05) is 0 Å². The predicted molar refractivity (Wildman–Crippen MR) is 51.3 cm³/mol. The highest BCUT2D eigenvalue weighted by atomic mass is 16.3. The fourth-order valence-corrected chi connectivity index (χ4v) is 0.830. The molecule has 70 valence electrons. The molecule has 1 aromatic carbocycles. The monoisotopic (exact) mass is 189 g/mol. The van der Waals surface area contributed by atoms with E-state index >= 15 is 0 Å². The summed E-state index contributed by atoms with van der Waals surface area (Å²) in [6, 6.07) is 6.26. The smallest absolute Gasteiger partial charge is 0.242 e. The third-order valence-corrected chi connectivity index (χ3v) is 1.45. The first-order chi connectivity index (χ1) is 6.72. The molecule has 0 fully saturated rings. The minimum atomic E-state index is -0.652. The molecule has 0 unspecified atom stereocenters. The first-order valence-corrected chi connectivity index (χ1v) is 3.78. The molecule has 1 amide bonds. The maximum Gasteiger partial charge on any atom is 0.242 e. The molecule has 5 nitrogen and oxygen atoms in total. The van der Waals surface area contributed by atoms with Gasteiger partial charge in [0, 0.05) is 4.91 Å². The molecule has 0 saturated carbocycles. The van der Waals surface area contributed by atoms with Gasteiger partial charge in [-0.3, -0.25) is 4.79 Å². The maximum atomic E-state index is 10.7. The van der Waals surface area contributed by atoms with Gasteiger partial charge in [-0.2, -0.15) is 0 Å².